The first-order valence-electron chi connectivity index (χ1n) is 6.05. The Morgan fingerprint density at radius 1 is 1.23 bits per heavy atom. The Morgan fingerprint density at radius 2 is 2.00 bits per heavy atom. The molecule has 0 spiro atoms. The second-order valence-corrected chi connectivity index (χ2v) is 4.58. The van der Waals surface area contributed by atoms with Crippen LogP contribution < -0.4 is 5.32 Å². The highest BCUT2D eigenvalue weighted by Gasteiger charge is 2.20. The molecule has 78 valence electrons. The van der Waals surface area contributed by atoms with Crippen LogP contribution >= 0.6 is 0 Å². The van der Waals surface area contributed by atoms with Crippen LogP contribution in [-0.4, -0.2) is 13.1 Å². The molecule has 0 aromatic rings. The van der Waals surface area contributed by atoms with Crippen molar-refractivity contribution in [1.29, 1.82) is 0 Å². The molecule has 1 nitrogen and oxygen atoms in total. The molecule has 0 bridgehead atoms. The lowest BCUT2D eigenvalue weighted by Crippen LogP contribution is -2.29. The molecule has 0 heterocycles. The summed E-state index contributed by atoms with van der Waals surface area (Å²) in [7, 11) is 0. The molecule has 1 N–H and O–H groups in total. The third-order valence-corrected chi connectivity index (χ3v) is 3.40. The maximum Gasteiger partial charge on any atom is -0.00180 e. The van der Waals surface area contributed by atoms with E-state index in [0.717, 1.165) is 11.8 Å². The molecule has 1 aliphatic rings. The zero-order chi connectivity index (χ0) is 9.52. The van der Waals surface area contributed by atoms with E-state index in [0.29, 0.717) is 0 Å². The van der Waals surface area contributed by atoms with E-state index in [1.807, 2.05) is 0 Å². The average molecular weight is 183 g/mol. The summed E-state index contributed by atoms with van der Waals surface area (Å²) >= 11 is 0. The van der Waals surface area contributed by atoms with E-state index in [4.69, 9.17) is 0 Å². The van der Waals surface area contributed by atoms with Crippen molar-refractivity contribution in [2.45, 2.75) is 52.4 Å². The first-order valence-corrected chi connectivity index (χ1v) is 6.05. The molecule has 1 fully saturated rings. The summed E-state index contributed by atoms with van der Waals surface area (Å²) in [6.45, 7) is 7.16. The van der Waals surface area contributed by atoms with Gasteiger partial charge in [-0.25, -0.2) is 0 Å². The van der Waals surface area contributed by atoms with Gasteiger partial charge in [0.1, 0.15) is 0 Å². The highest BCUT2D eigenvalue weighted by Crippen LogP contribution is 2.28. The normalized spacial score (nSPS) is 29.1. The fraction of sp³-hybridized carbons (Fsp3) is 1.00. The topological polar surface area (TPSA) is 12.0 Å². The summed E-state index contributed by atoms with van der Waals surface area (Å²) in [6.07, 6.45) is 8.49. The molecule has 2 atom stereocenters. The molecular weight excluding hydrogens is 158 g/mol. The third kappa shape index (κ3) is 4.12. The van der Waals surface area contributed by atoms with Crippen molar-refractivity contribution < 1.29 is 0 Å². The van der Waals surface area contributed by atoms with Crippen molar-refractivity contribution in [3.8, 4) is 0 Å². The van der Waals surface area contributed by atoms with E-state index in [-0.39, 0.29) is 0 Å². The van der Waals surface area contributed by atoms with Crippen molar-refractivity contribution in [3.05, 3.63) is 0 Å². The van der Waals surface area contributed by atoms with Crippen LogP contribution in [0.15, 0.2) is 0 Å². The van der Waals surface area contributed by atoms with Crippen LogP contribution in [0, 0.1) is 11.8 Å². The van der Waals surface area contributed by atoms with Crippen molar-refractivity contribution in [2.24, 2.45) is 11.8 Å². The molecule has 1 saturated carbocycles. The molecule has 2 unspecified atom stereocenters. The predicted molar refractivity (Wildman–Crippen MR) is 58.9 cm³/mol. The first-order chi connectivity index (χ1) is 6.34. The summed E-state index contributed by atoms with van der Waals surface area (Å²) in [4.78, 5) is 0. The lowest BCUT2D eigenvalue weighted by Gasteiger charge is -2.28. The molecule has 0 radical (unpaired) electrons. The van der Waals surface area contributed by atoms with Gasteiger partial charge in [-0.05, 0) is 37.8 Å². The molecule has 1 aliphatic carbocycles. The second kappa shape index (κ2) is 6.42. The highest BCUT2D eigenvalue weighted by atomic mass is 14.9. The average Bonchev–Trinajstić information content (AvgIpc) is 2.15. The lowest BCUT2D eigenvalue weighted by molar-refractivity contribution is 0.248. The first kappa shape index (κ1) is 11.0. The van der Waals surface area contributed by atoms with Crippen molar-refractivity contribution >= 4 is 0 Å². The molecule has 0 aromatic heterocycles. The van der Waals surface area contributed by atoms with E-state index >= 15 is 0 Å². The number of rotatable bonds is 5. The Kier molecular flexibility index (Phi) is 5.45. The van der Waals surface area contributed by atoms with Gasteiger partial charge in [0.15, 0.2) is 0 Å². The van der Waals surface area contributed by atoms with Gasteiger partial charge in [0.2, 0.25) is 0 Å². The highest BCUT2D eigenvalue weighted by molar-refractivity contribution is 4.73. The zero-order valence-corrected chi connectivity index (χ0v) is 9.31. The van der Waals surface area contributed by atoms with E-state index in [2.05, 4.69) is 19.2 Å². The third-order valence-electron chi connectivity index (χ3n) is 3.40. The number of nitrogens with one attached hydrogen (secondary N) is 1. The number of hydrogen-bond acceptors (Lipinski definition) is 1. The molecule has 0 aliphatic heterocycles. The lowest BCUT2D eigenvalue weighted by atomic mass is 9.80. The Balaban J connectivity index is 2.05. The summed E-state index contributed by atoms with van der Waals surface area (Å²) in [5.41, 5.74) is 0. The van der Waals surface area contributed by atoms with Gasteiger partial charge in [-0.3, -0.25) is 0 Å². The largest absolute Gasteiger partial charge is 0.316 e. The standard InChI is InChI=1S/C12H25N/c1-3-4-9-13-10-12-8-6-5-7-11(12)2/h11-13H,3-10H2,1-2H3. The summed E-state index contributed by atoms with van der Waals surface area (Å²) < 4.78 is 0. The molecule has 1 heteroatoms. The van der Waals surface area contributed by atoms with Crippen LogP contribution in [0.25, 0.3) is 0 Å². The van der Waals surface area contributed by atoms with Crippen LogP contribution in [0.5, 0.6) is 0 Å². The van der Waals surface area contributed by atoms with E-state index in [1.165, 1.54) is 51.6 Å². The summed E-state index contributed by atoms with van der Waals surface area (Å²) in [5, 5.41) is 3.59. The van der Waals surface area contributed by atoms with Gasteiger partial charge in [0.25, 0.3) is 0 Å². The van der Waals surface area contributed by atoms with Crippen LogP contribution in [0.4, 0.5) is 0 Å². The van der Waals surface area contributed by atoms with Gasteiger partial charge in [-0.1, -0.05) is 39.5 Å². The van der Waals surface area contributed by atoms with Gasteiger partial charge >= 0.3 is 0 Å². The summed E-state index contributed by atoms with van der Waals surface area (Å²) in [6, 6.07) is 0. The maximum atomic E-state index is 3.59. The van der Waals surface area contributed by atoms with Gasteiger partial charge in [-0.15, -0.1) is 0 Å². The molecule has 0 aromatic carbocycles. The van der Waals surface area contributed by atoms with Crippen LogP contribution in [0.2, 0.25) is 0 Å². The second-order valence-electron chi connectivity index (χ2n) is 4.58. The Morgan fingerprint density at radius 3 is 2.69 bits per heavy atom. The minimum absolute atomic E-state index is 0.961. The quantitative estimate of drug-likeness (QED) is 0.645. The van der Waals surface area contributed by atoms with E-state index in [1.54, 1.807) is 0 Å². The van der Waals surface area contributed by atoms with E-state index in [9.17, 15) is 0 Å². The van der Waals surface area contributed by atoms with Gasteiger partial charge in [0.05, 0.1) is 0 Å². The van der Waals surface area contributed by atoms with Crippen LogP contribution in [0.3, 0.4) is 0 Å². The molecule has 0 saturated heterocycles. The Labute approximate surface area is 83.3 Å². The SMILES string of the molecule is CCCCNCC1CCCCC1C. The monoisotopic (exact) mass is 183 g/mol. The Bertz CT molecular complexity index is 122. The van der Waals surface area contributed by atoms with Crippen LogP contribution in [-0.2, 0) is 0 Å². The molecule has 1 rings (SSSR count). The Hall–Kier alpha value is -0.0400. The maximum absolute atomic E-state index is 3.59. The summed E-state index contributed by atoms with van der Waals surface area (Å²) in [5.74, 6) is 1.92. The smallest absolute Gasteiger partial charge is 0.00180 e. The van der Waals surface area contributed by atoms with Crippen molar-refractivity contribution in [2.75, 3.05) is 13.1 Å². The zero-order valence-electron chi connectivity index (χ0n) is 9.31. The predicted octanol–water partition coefficient (Wildman–Crippen LogP) is 3.20. The van der Waals surface area contributed by atoms with Crippen LogP contribution in [0.1, 0.15) is 52.4 Å². The number of hydrogen-bond donors (Lipinski definition) is 1. The fourth-order valence-electron chi connectivity index (χ4n) is 2.29. The molecular formula is C12H25N. The van der Waals surface area contributed by atoms with Crippen molar-refractivity contribution in [3.63, 3.8) is 0 Å². The molecule has 0 amide bonds. The molecule has 13 heavy (non-hydrogen) atoms. The number of unbranched alkanes of at least 4 members (excludes halogenated alkanes) is 1. The van der Waals surface area contributed by atoms with Gasteiger partial charge in [-0.2, -0.15) is 0 Å². The fourth-order valence-corrected chi connectivity index (χ4v) is 2.29. The minimum Gasteiger partial charge on any atom is -0.316 e. The van der Waals surface area contributed by atoms with Gasteiger partial charge < -0.3 is 5.32 Å². The van der Waals surface area contributed by atoms with Gasteiger partial charge in [0, 0.05) is 0 Å². The van der Waals surface area contributed by atoms with Crippen molar-refractivity contribution in [1.82, 2.24) is 5.32 Å². The minimum atomic E-state index is 0.961. The van der Waals surface area contributed by atoms with E-state index < -0.39 is 0 Å².